The van der Waals surface area contributed by atoms with Crippen molar-refractivity contribution in [3.63, 3.8) is 0 Å². The van der Waals surface area contributed by atoms with Gasteiger partial charge in [0.2, 0.25) is 0 Å². The molecule has 0 saturated heterocycles. The Hall–Kier alpha value is -2.84. The van der Waals surface area contributed by atoms with Crippen LogP contribution in [0, 0.1) is 0 Å². The largest absolute Gasteiger partial charge is 0.479 e. The number of carboxylic acids is 1. The maximum absolute atomic E-state index is 12.7. The molecule has 0 bridgehead atoms. The summed E-state index contributed by atoms with van der Waals surface area (Å²) in [5.74, 6) is -3.19. The van der Waals surface area contributed by atoms with E-state index in [-0.39, 0.29) is 5.57 Å². The fourth-order valence-corrected chi connectivity index (χ4v) is 2.55. The van der Waals surface area contributed by atoms with Crippen molar-refractivity contribution >= 4 is 17.9 Å². The van der Waals surface area contributed by atoms with Gasteiger partial charge in [0.1, 0.15) is 6.10 Å². The SMILES string of the molecule is C=C(CC(=O)OC1CCc2cc(C(F)(F)F)ccc21)C(=O)OCC(=O)O. The molecule has 1 N–H and O–H groups in total. The van der Waals surface area contributed by atoms with Crippen molar-refractivity contribution in [2.75, 3.05) is 6.61 Å². The maximum Gasteiger partial charge on any atom is 0.416 e. The van der Waals surface area contributed by atoms with Crippen LogP contribution in [0.3, 0.4) is 0 Å². The number of fused-ring (bicyclic) bond motifs is 1. The Labute approximate surface area is 146 Å². The van der Waals surface area contributed by atoms with Gasteiger partial charge in [-0.3, -0.25) is 4.79 Å². The van der Waals surface area contributed by atoms with Crippen LogP contribution in [-0.4, -0.2) is 29.6 Å². The molecule has 1 aliphatic carbocycles. The average molecular weight is 372 g/mol. The van der Waals surface area contributed by atoms with Crippen molar-refractivity contribution in [3.05, 3.63) is 47.0 Å². The molecule has 0 radical (unpaired) electrons. The Morgan fingerprint density at radius 2 is 1.96 bits per heavy atom. The van der Waals surface area contributed by atoms with Gasteiger partial charge in [0, 0.05) is 5.57 Å². The summed E-state index contributed by atoms with van der Waals surface area (Å²) in [7, 11) is 0. The number of halogens is 3. The van der Waals surface area contributed by atoms with E-state index < -0.39 is 48.8 Å². The third kappa shape index (κ3) is 4.84. The van der Waals surface area contributed by atoms with Gasteiger partial charge in [0.15, 0.2) is 6.61 Å². The van der Waals surface area contributed by atoms with Gasteiger partial charge in [0.25, 0.3) is 0 Å². The zero-order chi connectivity index (χ0) is 19.5. The normalized spacial score (nSPS) is 15.9. The molecule has 0 amide bonds. The van der Waals surface area contributed by atoms with Gasteiger partial charge in [-0.2, -0.15) is 13.2 Å². The minimum atomic E-state index is -4.45. The Bertz CT molecular complexity index is 753. The van der Waals surface area contributed by atoms with Gasteiger partial charge in [-0.05, 0) is 36.1 Å². The smallest absolute Gasteiger partial charge is 0.416 e. The maximum atomic E-state index is 12.7. The van der Waals surface area contributed by atoms with Crippen molar-refractivity contribution in [1.82, 2.24) is 0 Å². The van der Waals surface area contributed by atoms with Crippen LogP contribution in [0.2, 0.25) is 0 Å². The number of hydrogen-bond acceptors (Lipinski definition) is 5. The molecule has 0 aliphatic heterocycles. The molecule has 1 aliphatic rings. The minimum Gasteiger partial charge on any atom is -0.479 e. The summed E-state index contributed by atoms with van der Waals surface area (Å²) in [5, 5.41) is 8.41. The number of benzene rings is 1. The predicted octanol–water partition coefficient (Wildman–Crippen LogP) is 2.81. The number of aryl methyl sites for hydroxylation is 1. The summed E-state index contributed by atoms with van der Waals surface area (Å²) in [6.45, 7) is 2.48. The Kier molecular flexibility index (Phi) is 5.69. The van der Waals surface area contributed by atoms with Gasteiger partial charge < -0.3 is 14.6 Å². The monoisotopic (exact) mass is 372 g/mol. The third-order valence-electron chi connectivity index (χ3n) is 3.74. The predicted molar refractivity (Wildman–Crippen MR) is 80.9 cm³/mol. The van der Waals surface area contributed by atoms with Gasteiger partial charge in [0.05, 0.1) is 12.0 Å². The summed E-state index contributed by atoms with van der Waals surface area (Å²) in [6, 6.07) is 3.23. The van der Waals surface area contributed by atoms with Crippen LogP contribution in [-0.2, 0) is 36.5 Å². The van der Waals surface area contributed by atoms with Crippen LogP contribution >= 0.6 is 0 Å². The summed E-state index contributed by atoms with van der Waals surface area (Å²) < 4.78 is 47.7. The number of aliphatic carboxylic acids is 1. The van der Waals surface area contributed by atoms with Crippen LogP contribution in [0.25, 0.3) is 0 Å². The van der Waals surface area contributed by atoms with Gasteiger partial charge in [-0.15, -0.1) is 0 Å². The van der Waals surface area contributed by atoms with E-state index in [0.29, 0.717) is 24.0 Å². The highest BCUT2D eigenvalue weighted by molar-refractivity contribution is 5.94. The zero-order valence-corrected chi connectivity index (χ0v) is 13.5. The minimum absolute atomic E-state index is 0.276. The quantitative estimate of drug-likeness (QED) is 0.610. The molecular formula is C17H15F3O6. The molecule has 1 aromatic rings. The summed E-state index contributed by atoms with van der Waals surface area (Å²) in [6.07, 6.45) is -5.00. The first-order valence-electron chi connectivity index (χ1n) is 7.54. The number of carbonyl (C=O) groups is 3. The Morgan fingerprint density at radius 1 is 1.27 bits per heavy atom. The van der Waals surface area contributed by atoms with Crippen LogP contribution in [0.5, 0.6) is 0 Å². The lowest BCUT2D eigenvalue weighted by Crippen LogP contribution is -2.17. The van der Waals surface area contributed by atoms with Gasteiger partial charge in [-0.1, -0.05) is 12.6 Å². The lowest BCUT2D eigenvalue weighted by Gasteiger charge is -2.15. The molecule has 6 nitrogen and oxygen atoms in total. The summed E-state index contributed by atoms with van der Waals surface area (Å²) in [4.78, 5) is 33.7. The van der Waals surface area contributed by atoms with Crippen LogP contribution in [0.4, 0.5) is 13.2 Å². The fourth-order valence-electron chi connectivity index (χ4n) is 2.55. The second-order valence-electron chi connectivity index (χ2n) is 5.68. The highest BCUT2D eigenvalue weighted by Crippen LogP contribution is 2.38. The lowest BCUT2D eigenvalue weighted by atomic mass is 10.1. The Morgan fingerprint density at radius 3 is 2.58 bits per heavy atom. The molecule has 9 heteroatoms. The lowest BCUT2D eigenvalue weighted by molar-refractivity contribution is -0.154. The third-order valence-corrected chi connectivity index (χ3v) is 3.74. The molecule has 0 aromatic heterocycles. The summed E-state index contributed by atoms with van der Waals surface area (Å²) in [5.41, 5.74) is -0.0950. The van der Waals surface area contributed by atoms with Gasteiger partial charge in [-0.25, -0.2) is 9.59 Å². The van der Waals surface area contributed by atoms with Crippen molar-refractivity contribution in [3.8, 4) is 0 Å². The van der Waals surface area contributed by atoms with E-state index in [9.17, 15) is 27.6 Å². The zero-order valence-electron chi connectivity index (χ0n) is 13.5. The van der Waals surface area contributed by atoms with Gasteiger partial charge >= 0.3 is 24.1 Å². The van der Waals surface area contributed by atoms with Crippen LogP contribution in [0.1, 0.15) is 35.6 Å². The molecule has 1 unspecified atom stereocenters. The van der Waals surface area contributed by atoms with E-state index >= 15 is 0 Å². The molecule has 0 fully saturated rings. The number of esters is 2. The van der Waals surface area contributed by atoms with Crippen molar-refractivity contribution < 1.29 is 42.1 Å². The fraction of sp³-hybridized carbons (Fsp3) is 0.353. The second-order valence-corrected chi connectivity index (χ2v) is 5.68. The van der Waals surface area contributed by atoms with Crippen LogP contribution < -0.4 is 0 Å². The molecule has 1 atom stereocenters. The first-order chi connectivity index (χ1) is 12.1. The molecule has 2 rings (SSSR count). The summed E-state index contributed by atoms with van der Waals surface area (Å²) >= 11 is 0. The van der Waals surface area contributed by atoms with Crippen molar-refractivity contribution in [1.29, 1.82) is 0 Å². The number of hydrogen-bond donors (Lipinski definition) is 1. The second kappa shape index (κ2) is 7.59. The molecule has 0 heterocycles. The highest BCUT2D eigenvalue weighted by atomic mass is 19.4. The number of carboxylic acid groups (broad SMARTS) is 1. The number of ether oxygens (including phenoxy) is 2. The molecule has 0 saturated carbocycles. The molecular weight excluding hydrogens is 357 g/mol. The van der Waals surface area contributed by atoms with Crippen LogP contribution in [0.15, 0.2) is 30.4 Å². The topological polar surface area (TPSA) is 89.9 Å². The number of alkyl halides is 3. The Balaban J connectivity index is 1.95. The van der Waals surface area contributed by atoms with E-state index in [1.807, 2.05) is 0 Å². The molecule has 0 spiro atoms. The van der Waals surface area contributed by atoms with Crippen molar-refractivity contribution in [2.24, 2.45) is 0 Å². The van der Waals surface area contributed by atoms with E-state index in [2.05, 4.69) is 11.3 Å². The molecule has 140 valence electrons. The van der Waals surface area contributed by atoms with E-state index in [1.165, 1.54) is 6.07 Å². The van der Waals surface area contributed by atoms with E-state index in [0.717, 1.165) is 12.1 Å². The standard InChI is InChI=1S/C17H15F3O6/c1-9(16(24)25-8-14(21)22)6-15(23)26-13-5-2-10-7-11(17(18,19)20)3-4-12(10)13/h3-4,7,13H,1-2,5-6,8H2,(H,21,22). The molecule has 26 heavy (non-hydrogen) atoms. The van der Waals surface area contributed by atoms with E-state index in [4.69, 9.17) is 9.84 Å². The molecule has 1 aromatic carbocycles. The number of carbonyl (C=O) groups excluding carboxylic acids is 2. The van der Waals surface area contributed by atoms with Crippen molar-refractivity contribution in [2.45, 2.75) is 31.5 Å². The average Bonchev–Trinajstić information content (AvgIpc) is 2.93. The number of rotatable bonds is 6. The van der Waals surface area contributed by atoms with E-state index in [1.54, 1.807) is 0 Å². The first-order valence-corrected chi connectivity index (χ1v) is 7.54. The first kappa shape index (κ1) is 19.5. The highest BCUT2D eigenvalue weighted by Gasteiger charge is 2.34.